The lowest BCUT2D eigenvalue weighted by Gasteiger charge is -2.27. The van der Waals surface area contributed by atoms with Crippen LogP contribution in [-0.2, 0) is 23.6 Å². The first-order chi connectivity index (χ1) is 19.0. The largest absolute Gasteiger partial charge is 0.439 e. The molecule has 3 nitrogen and oxygen atoms in total. The molecule has 1 fully saturated rings. The lowest BCUT2D eigenvalue weighted by Crippen LogP contribution is -2.32. The highest BCUT2D eigenvalue weighted by Crippen LogP contribution is 2.43. The molecule has 1 saturated heterocycles. The number of carbonyl (C=O) groups excluding carboxylic acids is 1. The summed E-state index contributed by atoms with van der Waals surface area (Å²) in [4.78, 5) is 15.1. The molecular weight excluding hydrogens is 595 g/mol. The molecule has 2 aliphatic rings. The van der Waals surface area contributed by atoms with Gasteiger partial charge >= 0.3 is 18.4 Å². The summed E-state index contributed by atoms with van der Waals surface area (Å²) in [7, 11) is 0. The molecule has 3 unspecified atom stereocenters. The summed E-state index contributed by atoms with van der Waals surface area (Å²) in [6, 6.07) is 5.77. The van der Waals surface area contributed by atoms with Crippen LogP contribution in [0.15, 0.2) is 58.8 Å². The first-order valence-electron chi connectivity index (χ1n) is 12.7. The molecule has 2 aromatic carbocycles. The highest BCUT2D eigenvalue weighted by molar-refractivity contribution is 7.98. The van der Waals surface area contributed by atoms with Crippen LogP contribution in [0.5, 0.6) is 0 Å². The molecule has 0 N–H and O–H groups in total. The zero-order chi connectivity index (χ0) is 30.4. The first kappa shape index (κ1) is 31.3. The van der Waals surface area contributed by atoms with Crippen molar-refractivity contribution in [1.82, 2.24) is 4.90 Å². The minimum absolute atomic E-state index is 0.00800. The number of amides is 1. The number of halogens is 8. The molecule has 1 heterocycles. The number of alkyl halides is 7. The Balaban J connectivity index is 1.73. The second kappa shape index (κ2) is 11.6. The summed E-state index contributed by atoms with van der Waals surface area (Å²) in [6.07, 6.45) is -8.79. The van der Waals surface area contributed by atoms with Crippen molar-refractivity contribution in [2.24, 2.45) is 5.92 Å². The highest BCUT2D eigenvalue weighted by atomic mass is 35.5. The van der Waals surface area contributed by atoms with Crippen LogP contribution in [0.25, 0.3) is 5.57 Å². The van der Waals surface area contributed by atoms with E-state index >= 15 is 0 Å². The van der Waals surface area contributed by atoms with Gasteiger partial charge < -0.3 is 4.74 Å². The number of allylic oxidation sites excluding steroid dienone is 4. The molecule has 2 aromatic rings. The third-order valence-corrected chi connectivity index (χ3v) is 8.35. The van der Waals surface area contributed by atoms with Gasteiger partial charge in [-0.15, -0.1) is 23.4 Å². The Hall–Kier alpha value is -2.66. The quantitative estimate of drug-likeness (QED) is 0.183. The SMILES string of the molecule is CSc1ccc(C2=CC(C(C)C)=C(F)CC2Cl)c(CN2C(=O)OC(c3cc(C(F)(F)F)cc(C(F)(F)F)c3)C2C)c1. The van der Waals surface area contributed by atoms with Crippen molar-refractivity contribution < 1.29 is 40.3 Å². The predicted octanol–water partition coefficient (Wildman–Crippen LogP) is 9.80. The van der Waals surface area contributed by atoms with Crippen LogP contribution in [-0.4, -0.2) is 28.7 Å². The minimum Gasteiger partial charge on any atom is -0.439 e. The summed E-state index contributed by atoms with van der Waals surface area (Å²) in [5, 5.41) is -0.682. The standard InChI is InChI=1S/C29H27ClF7NO2S/c1-14(2)22-11-23(24(30)12-25(22)31)21-6-5-20(41-4)9-17(21)13-38-15(3)26(40-27(38)39)16-7-18(28(32,33)34)10-19(8-16)29(35,36)37/h5-11,14-15,24,26H,12-13H2,1-4H3. The smallest absolute Gasteiger partial charge is 0.416 e. The van der Waals surface area contributed by atoms with Gasteiger partial charge in [0.15, 0.2) is 0 Å². The lowest BCUT2D eigenvalue weighted by molar-refractivity contribution is -0.143. The van der Waals surface area contributed by atoms with Crippen LogP contribution >= 0.6 is 23.4 Å². The van der Waals surface area contributed by atoms with Gasteiger partial charge in [-0.25, -0.2) is 9.18 Å². The Labute approximate surface area is 242 Å². The Kier molecular flexibility index (Phi) is 8.81. The number of cyclic esters (lactones) is 1. The molecule has 0 saturated carbocycles. The molecule has 1 amide bonds. The summed E-state index contributed by atoms with van der Waals surface area (Å²) in [5.74, 6) is -0.406. The Bertz CT molecular complexity index is 1370. The maximum absolute atomic E-state index is 14.6. The number of thioether (sulfide) groups is 1. The van der Waals surface area contributed by atoms with Crippen molar-refractivity contribution in [3.63, 3.8) is 0 Å². The van der Waals surface area contributed by atoms with E-state index < -0.39 is 52.7 Å². The van der Waals surface area contributed by atoms with E-state index in [2.05, 4.69) is 0 Å². The monoisotopic (exact) mass is 621 g/mol. The second-order valence-corrected chi connectivity index (χ2v) is 11.7. The van der Waals surface area contributed by atoms with Crippen molar-refractivity contribution in [3.8, 4) is 0 Å². The summed E-state index contributed by atoms with van der Waals surface area (Å²) < 4.78 is 101. The normalized spacial score (nSPS) is 22.0. The zero-order valence-corrected chi connectivity index (χ0v) is 24.0. The van der Waals surface area contributed by atoms with E-state index in [0.29, 0.717) is 34.4 Å². The van der Waals surface area contributed by atoms with E-state index in [1.165, 1.54) is 23.6 Å². The molecule has 3 atom stereocenters. The van der Waals surface area contributed by atoms with Gasteiger partial charge in [0.25, 0.3) is 0 Å². The van der Waals surface area contributed by atoms with E-state index in [1.54, 1.807) is 6.08 Å². The molecular formula is C29H27ClF7NO2S. The van der Waals surface area contributed by atoms with Crippen LogP contribution in [0, 0.1) is 5.92 Å². The number of ether oxygens (including phenoxy) is 1. The number of hydrogen-bond donors (Lipinski definition) is 0. The molecule has 0 aromatic heterocycles. The van der Waals surface area contributed by atoms with Crippen molar-refractivity contribution in [2.75, 3.05) is 6.26 Å². The molecule has 0 bridgehead atoms. The minimum atomic E-state index is -5.04. The maximum Gasteiger partial charge on any atom is 0.416 e. The van der Waals surface area contributed by atoms with E-state index in [1.807, 2.05) is 38.3 Å². The van der Waals surface area contributed by atoms with Gasteiger partial charge in [-0.1, -0.05) is 26.0 Å². The maximum atomic E-state index is 14.6. The molecule has 1 aliphatic heterocycles. The topological polar surface area (TPSA) is 29.5 Å². The van der Waals surface area contributed by atoms with Crippen molar-refractivity contribution in [3.05, 3.63) is 81.7 Å². The molecule has 12 heteroatoms. The van der Waals surface area contributed by atoms with Gasteiger partial charge in [0.1, 0.15) is 11.9 Å². The van der Waals surface area contributed by atoms with E-state index in [-0.39, 0.29) is 30.8 Å². The third kappa shape index (κ3) is 6.56. The summed E-state index contributed by atoms with van der Waals surface area (Å²) in [5.41, 5.74) is -0.930. The van der Waals surface area contributed by atoms with Gasteiger partial charge in [0.2, 0.25) is 0 Å². The fourth-order valence-electron chi connectivity index (χ4n) is 5.04. The molecule has 41 heavy (non-hydrogen) atoms. The van der Waals surface area contributed by atoms with E-state index in [9.17, 15) is 35.5 Å². The number of nitrogens with zero attached hydrogens (tertiary/aromatic N) is 1. The Morgan fingerprint density at radius 1 is 1.05 bits per heavy atom. The summed E-state index contributed by atoms with van der Waals surface area (Å²) in [6.45, 7) is 5.15. The Morgan fingerprint density at radius 2 is 1.66 bits per heavy atom. The summed E-state index contributed by atoms with van der Waals surface area (Å²) >= 11 is 8.01. The van der Waals surface area contributed by atoms with Crippen molar-refractivity contribution in [1.29, 1.82) is 0 Å². The second-order valence-electron chi connectivity index (χ2n) is 10.3. The van der Waals surface area contributed by atoms with Crippen molar-refractivity contribution in [2.45, 2.75) is 68.5 Å². The predicted molar refractivity (Wildman–Crippen MR) is 144 cm³/mol. The zero-order valence-electron chi connectivity index (χ0n) is 22.5. The van der Waals surface area contributed by atoms with E-state index in [4.69, 9.17) is 16.3 Å². The number of carbonyl (C=O) groups is 1. The fraction of sp³-hybridized carbons (Fsp3) is 0.414. The van der Waals surface area contributed by atoms with Gasteiger partial charge in [-0.3, -0.25) is 4.90 Å². The Morgan fingerprint density at radius 3 is 2.20 bits per heavy atom. The molecule has 1 aliphatic carbocycles. The number of benzene rings is 2. The highest BCUT2D eigenvalue weighted by Gasteiger charge is 2.43. The third-order valence-electron chi connectivity index (χ3n) is 7.24. The van der Waals surface area contributed by atoms with Crippen LogP contribution in [0.4, 0.5) is 35.5 Å². The van der Waals surface area contributed by atoms with E-state index in [0.717, 1.165) is 4.90 Å². The molecule has 0 spiro atoms. The van der Waals surface area contributed by atoms with Gasteiger partial charge in [0, 0.05) is 11.3 Å². The average Bonchev–Trinajstić information content (AvgIpc) is 3.16. The molecule has 222 valence electrons. The average molecular weight is 622 g/mol. The molecule has 4 rings (SSSR count). The van der Waals surface area contributed by atoms with Crippen LogP contribution in [0.1, 0.15) is 61.1 Å². The van der Waals surface area contributed by atoms with Gasteiger partial charge in [0.05, 0.1) is 29.1 Å². The van der Waals surface area contributed by atoms with Crippen molar-refractivity contribution >= 4 is 35.0 Å². The fourth-order valence-corrected chi connectivity index (χ4v) is 5.82. The number of hydrogen-bond acceptors (Lipinski definition) is 3. The van der Waals surface area contributed by atoms with Crippen LogP contribution < -0.4 is 0 Å². The lowest BCUT2D eigenvalue weighted by atomic mass is 9.86. The number of rotatable bonds is 6. The first-order valence-corrected chi connectivity index (χ1v) is 14.4. The van der Waals surface area contributed by atoms with Crippen LogP contribution in [0.2, 0.25) is 0 Å². The molecule has 0 radical (unpaired) electrons. The van der Waals surface area contributed by atoms with Gasteiger partial charge in [-0.2, -0.15) is 26.3 Å². The van der Waals surface area contributed by atoms with Gasteiger partial charge in [-0.05, 0) is 77.3 Å². The van der Waals surface area contributed by atoms with Crippen LogP contribution in [0.3, 0.4) is 0 Å².